The van der Waals surface area contributed by atoms with E-state index in [1.54, 1.807) is 0 Å². The Labute approximate surface area is 128 Å². The van der Waals surface area contributed by atoms with Crippen LogP contribution >= 0.6 is 0 Å². The SMILES string of the molecule is CCC(Cc1ccccc1)Nc1ccccc1CN(C)C. The van der Waals surface area contributed by atoms with Crippen molar-refractivity contribution >= 4 is 5.69 Å². The van der Waals surface area contributed by atoms with Crippen molar-refractivity contribution in [1.82, 2.24) is 4.90 Å². The van der Waals surface area contributed by atoms with Crippen LogP contribution in [0.1, 0.15) is 24.5 Å². The molecule has 0 aliphatic rings. The molecule has 1 atom stereocenters. The Morgan fingerprint density at radius 3 is 2.29 bits per heavy atom. The lowest BCUT2D eigenvalue weighted by atomic mass is 10.0. The second-order valence-electron chi connectivity index (χ2n) is 5.83. The maximum absolute atomic E-state index is 3.72. The van der Waals surface area contributed by atoms with Gasteiger partial charge in [-0.3, -0.25) is 0 Å². The Bertz CT molecular complexity index is 534. The Hall–Kier alpha value is -1.80. The molecule has 1 unspecified atom stereocenters. The molecule has 0 fully saturated rings. The van der Waals surface area contributed by atoms with Crippen molar-refractivity contribution in [1.29, 1.82) is 0 Å². The first-order valence-corrected chi connectivity index (χ1v) is 7.72. The maximum Gasteiger partial charge on any atom is 0.0388 e. The molecule has 0 radical (unpaired) electrons. The van der Waals surface area contributed by atoms with Gasteiger partial charge < -0.3 is 10.2 Å². The molecule has 2 heteroatoms. The van der Waals surface area contributed by atoms with Gasteiger partial charge >= 0.3 is 0 Å². The molecule has 2 nitrogen and oxygen atoms in total. The third kappa shape index (κ3) is 4.91. The number of para-hydroxylation sites is 1. The normalized spacial score (nSPS) is 12.4. The molecule has 0 saturated heterocycles. The fourth-order valence-electron chi connectivity index (χ4n) is 2.56. The van der Waals surface area contributed by atoms with Crippen LogP contribution in [-0.2, 0) is 13.0 Å². The molecule has 2 aromatic rings. The zero-order valence-corrected chi connectivity index (χ0v) is 13.3. The average molecular weight is 282 g/mol. The number of hydrogen-bond acceptors (Lipinski definition) is 2. The van der Waals surface area contributed by atoms with E-state index in [0.29, 0.717) is 6.04 Å². The molecule has 0 aliphatic heterocycles. The van der Waals surface area contributed by atoms with E-state index in [4.69, 9.17) is 0 Å². The van der Waals surface area contributed by atoms with Crippen molar-refractivity contribution in [3.8, 4) is 0 Å². The molecule has 0 bridgehead atoms. The molecule has 0 aromatic heterocycles. The van der Waals surface area contributed by atoms with Gasteiger partial charge in [-0.05, 0) is 44.1 Å². The van der Waals surface area contributed by atoms with Crippen molar-refractivity contribution in [3.63, 3.8) is 0 Å². The first-order chi connectivity index (χ1) is 10.2. The standard InChI is InChI=1S/C19H26N2/c1-4-18(14-16-10-6-5-7-11-16)20-19-13-9-8-12-17(19)15-21(2)3/h5-13,18,20H,4,14-15H2,1-3H3. The van der Waals surface area contributed by atoms with Gasteiger partial charge in [0.2, 0.25) is 0 Å². The van der Waals surface area contributed by atoms with Gasteiger partial charge in [-0.15, -0.1) is 0 Å². The first kappa shape index (κ1) is 15.6. The minimum Gasteiger partial charge on any atom is -0.382 e. The minimum absolute atomic E-state index is 0.468. The van der Waals surface area contributed by atoms with E-state index in [0.717, 1.165) is 19.4 Å². The van der Waals surface area contributed by atoms with Gasteiger partial charge in [-0.2, -0.15) is 0 Å². The number of anilines is 1. The lowest BCUT2D eigenvalue weighted by Gasteiger charge is -2.22. The maximum atomic E-state index is 3.72. The van der Waals surface area contributed by atoms with Crippen LogP contribution in [0.5, 0.6) is 0 Å². The topological polar surface area (TPSA) is 15.3 Å². The van der Waals surface area contributed by atoms with Gasteiger partial charge in [0, 0.05) is 18.3 Å². The molecule has 0 heterocycles. The Morgan fingerprint density at radius 2 is 1.62 bits per heavy atom. The Balaban J connectivity index is 2.08. The van der Waals surface area contributed by atoms with Crippen LogP contribution < -0.4 is 5.32 Å². The zero-order valence-electron chi connectivity index (χ0n) is 13.3. The van der Waals surface area contributed by atoms with E-state index in [-0.39, 0.29) is 0 Å². The van der Waals surface area contributed by atoms with Crippen LogP contribution in [-0.4, -0.2) is 25.0 Å². The van der Waals surface area contributed by atoms with Gasteiger partial charge in [-0.25, -0.2) is 0 Å². The summed E-state index contributed by atoms with van der Waals surface area (Å²) in [5.41, 5.74) is 4.00. The predicted octanol–water partition coefficient (Wildman–Crippen LogP) is 4.18. The van der Waals surface area contributed by atoms with Crippen LogP contribution in [0.3, 0.4) is 0 Å². The molecule has 0 spiro atoms. The summed E-state index contributed by atoms with van der Waals surface area (Å²) in [6, 6.07) is 19.8. The predicted molar refractivity (Wildman–Crippen MR) is 91.7 cm³/mol. The monoisotopic (exact) mass is 282 g/mol. The van der Waals surface area contributed by atoms with Crippen LogP contribution in [0.25, 0.3) is 0 Å². The highest BCUT2D eigenvalue weighted by Gasteiger charge is 2.10. The number of benzene rings is 2. The third-order valence-electron chi connectivity index (χ3n) is 3.68. The fourth-order valence-corrected chi connectivity index (χ4v) is 2.56. The molecular formula is C19H26N2. The quantitative estimate of drug-likeness (QED) is 0.819. The van der Waals surface area contributed by atoms with Gasteiger partial charge in [0.05, 0.1) is 0 Å². The Morgan fingerprint density at radius 1 is 0.952 bits per heavy atom. The minimum atomic E-state index is 0.468. The molecule has 2 rings (SSSR count). The van der Waals surface area contributed by atoms with Crippen LogP contribution in [0.4, 0.5) is 5.69 Å². The van der Waals surface area contributed by atoms with E-state index >= 15 is 0 Å². The smallest absolute Gasteiger partial charge is 0.0388 e. The molecule has 112 valence electrons. The van der Waals surface area contributed by atoms with Crippen LogP contribution in [0.2, 0.25) is 0 Å². The largest absolute Gasteiger partial charge is 0.382 e. The number of rotatable bonds is 7. The highest BCUT2D eigenvalue weighted by atomic mass is 15.1. The summed E-state index contributed by atoms with van der Waals surface area (Å²) >= 11 is 0. The zero-order chi connectivity index (χ0) is 15.1. The van der Waals surface area contributed by atoms with E-state index < -0.39 is 0 Å². The van der Waals surface area contributed by atoms with Crippen LogP contribution in [0.15, 0.2) is 54.6 Å². The van der Waals surface area contributed by atoms with Crippen molar-refractivity contribution in [3.05, 3.63) is 65.7 Å². The van der Waals surface area contributed by atoms with Gasteiger partial charge in [0.15, 0.2) is 0 Å². The first-order valence-electron chi connectivity index (χ1n) is 7.72. The molecule has 2 aromatic carbocycles. The lowest BCUT2D eigenvalue weighted by molar-refractivity contribution is 0.403. The number of nitrogens with one attached hydrogen (secondary N) is 1. The van der Waals surface area contributed by atoms with E-state index in [1.165, 1.54) is 16.8 Å². The summed E-state index contributed by atoms with van der Waals surface area (Å²) in [4.78, 5) is 2.21. The highest BCUT2D eigenvalue weighted by Crippen LogP contribution is 2.19. The summed E-state index contributed by atoms with van der Waals surface area (Å²) < 4.78 is 0. The molecule has 1 N–H and O–H groups in total. The van der Waals surface area contributed by atoms with Gasteiger partial charge in [0.1, 0.15) is 0 Å². The Kier molecular flexibility index (Phi) is 5.82. The molecule has 0 amide bonds. The summed E-state index contributed by atoms with van der Waals surface area (Å²) in [7, 11) is 4.22. The second kappa shape index (κ2) is 7.84. The van der Waals surface area contributed by atoms with Crippen LogP contribution in [0, 0.1) is 0 Å². The molecule has 0 aliphatic carbocycles. The van der Waals surface area contributed by atoms with E-state index in [2.05, 4.69) is 85.8 Å². The van der Waals surface area contributed by atoms with Gasteiger partial charge in [-0.1, -0.05) is 55.5 Å². The summed E-state index contributed by atoms with van der Waals surface area (Å²) in [6.07, 6.45) is 2.18. The van der Waals surface area contributed by atoms with Crippen molar-refractivity contribution in [2.75, 3.05) is 19.4 Å². The van der Waals surface area contributed by atoms with Crippen molar-refractivity contribution < 1.29 is 0 Å². The number of nitrogens with zero attached hydrogens (tertiary/aromatic N) is 1. The van der Waals surface area contributed by atoms with E-state index in [1.807, 2.05) is 0 Å². The second-order valence-corrected chi connectivity index (χ2v) is 5.83. The fraction of sp³-hybridized carbons (Fsp3) is 0.368. The third-order valence-corrected chi connectivity index (χ3v) is 3.68. The average Bonchev–Trinajstić information content (AvgIpc) is 2.49. The van der Waals surface area contributed by atoms with Crippen molar-refractivity contribution in [2.45, 2.75) is 32.4 Å². The lowest BCUT2D eigenvalue weighted by Crippen LogP contribution is -2.23. The van der Waals surface area contributed by atoms with Crippen molar-refractivity contribution in [2.24, 2.45) is 0 Å². The summed E-state index contributed by atoms with van der Waals surface area (Å²) in [5.74, 6) is 0. The highest BCUT2D eigenvalue weighted by molar-refractivity contribution is 5.52. The summed E-state index contributed by atoms with van der Waals surface area (Å²) in [5, 5.41) is 3.72. The summed E-state index contributed by atoms with van der Waals surface area (Å²) in [6.45, 7) is 3.21. The molecular weight excluding hydrogens is 256 g/mol. The molecule has 21 heavy (non-hydrogen) atoms. The van der Waals surface area contributed by atoms with E-state index in [9.17, 15) is 0 Å². The molecule has 0 saturated carbocycles. The van der Waals surface area contributed by atoms with Gasteiger partial charge in [0.25, 0.3) is 0 Å². The number of hydrogen-bond donors (Lipinski definition) is 1.